The second-order valence-electron chi connectivity index (χ2n) is 19.0. The van der Waals surface area contributed by atoms with E-state index in [1.807, 2.05) is 38.8 Å². The molecule has 0 radical (unpaired) electrons. The maximum atomic E-state index is 13.8. The van der Waals surface area contributed by atoms with E-state index in [2.05, 4.69) is 45.2 Å². The highest BCUT2D eigenvalue weighted by Gasteiger charge is 2.41. The molecule has 3 aliphatic rings. The molecule has 1 aliphatic carbocycles. The number of carbonyl (C=O) groups excluding carboxylic acids is 5. The lowest BCUT2D eigenvalue weighted by atomic mass is 9.81. The number of carbonyl (C=O) groups is 5. The van der Waals surface area contributed by atoms with Gasteiger partial charge in [-0.15, -0.1) is 0 Å². The van der Waals surface area contributed by atoms with Crippen molar-refractivity contribution >= 4 is 29.9 Å². The van der Waals surface area contributed by atoms with Gasteiger partial charge in [0.05, 0.1) is 17.9 Å². The highest BCUT2D eigenvalue weighted by atomic mass is 16.6. The van der Waals surface area contributed by atoms with Crippen molar-refractivity contribution in [2.45, 2.75) is 168 Å². The lowest BCUT2D eigenvalue weighted by molar-refractivity contribution is -0.141. The summed E-state index contributed by atoms with van der Waals surface area (Å²) in [7, 11) is 0. The van der Waals surface area contributed by atoms with E-state index in [0.29, 0.717) is 25.4 Å². The van der Waals surface area contributed by atoms with Gasteiger partial charge in [-0.3, -0.25) is 14.4 Å². The Kier molecular flexibility index (Phi) is 14.2. The standard InChI is InChI=1S/C44H67N7O7/c1-26(2)35(48-41(55)57-43(5,6)7)39(53)50-23-11-13-33(50)37-45-25-32(47-37)30-17-15-28(16-18-30)29-19-21-31(22-20-29)46-38(52)34-14-12-24-51(34)40(54)36(27(3)4)49-42(56)58-44(8,9)10/h15-18,25-27,29,31,33-36H,11-14,19-24H2,1-10H3,(H,45,47)(H,46,52)(H,48,55)(H,49,56)/t29-,31+,33-,34-,35+,36+/m0/s1. The van der Waals surface area contributed by atoms with Crippen molar-refractivity contribution in [3.63, 3.8) is 0 Å². The Morgan fingerprint density at radius 1 is 0.724 bits per heavy atom. The first-order chi connectivity index (χ1) is 27.2. The van der Waals surface area contributed by atoms with Gasteiger partial charge in [-0.2, -0.15) is 0 Å². The number of amides is 5. The summed E-state index contributed by atoms with van der Waals surface area (Å²) >= 11 is 0. The van der Waals surface area contributed by atoms with E-state index in [9.17, 15) is 24.0 Å². The molecule has 3 heterocycles. The molecule has 1 saturated carbocycles. The lowest BCUT2D eigenvalue weighted by Gasteiger charge is -2.33. The van der Waals surface area contributed by atoms with Gasteiger partial charge < -0.3 is 40.2 Å². The normalized spacial score (nSPS) is 22.4. The van der Waals surface area contributed by atoms with Crippen LogP contribution in [0.15, 0.2) is 30.5 Å². The number of nitrogens with one attached hydrogen (secondary N) is 4. The molecule has 2 aliphatic heterocycles. The SMILES string of the molecule is CC(C)[C@@H](NC(=O)OC(C)(C)C)C(=O)N1CCC[C@H]1C(=O)N[C@H]1CC[C@@H](c2ccc(-c3cnc([C@@H]4CCCN4C(=O)[C@H](NC(=O)OC(C)(C)C)C(C)C)[nH]3)cc2)CC1. The Morgan fingerprint density at radius 2 is 1.24 bits per heavy atom. The van der Waals surface area contributed by atoms with E-state index in [-0.39, 0.29) is 41.6 Å². The highest BCUT2D eigenvalue weighted by Crippen LogP contribution is 2.36. The number of aromatic nitrogens is 2. The molecule has 2 saturated heterocycles. The summed E-state index contributed by atoms with van der Waals surface area (Å²) in [5.41, 5.74) is 1.77. The van der Waals surface area contributed by atoms with Crippen LogP contribution in [0.5, 0.6) is 0 Å². The summed E-state index contributed by atoms with van der Waals surface area (Å²) in [6.45, 7) is 19.4. The first-order valence-corrected chi connectivity index (χ1v) is 21.3. The van der Waals surface area contributed by atoms with Crippen molar-refractivity contribution in [1.29, 1.82) is 0 Å². The monoisotopic (exact) mass is 806 g/mol. The summed E-state index contributed by atoms with van der Waals surface area (Å²) in [4.78, 5) is 77.7. The quantitative estimate of drug-likeness (QED) is 0.188. The number of ether oxygens (including phenoxy) is 2. The molecular formula is C44H67N7O7. The molecule has 0 spiro atoms. The van der Waals surface area contributed by atoms with Crippen molar-refractivity contribution in [3.8, 4) is 11.3 Å². The zero-order chi connectivity index (χ0) is 42.5. The van der Waals surface area contributed by atoms with E-state index in [1.165, 1.54) is 5.56 Å². The van der Waals surface area contributed by atoms with Crippen LogP contribution in [0.25, 0.3) is 11.3 Å². The molecule has 14 heteroatoms. The number of benzene rings is 1. The number of H-pyrrole nitrogens is 1. The lowest BCUT2D eigenvalue weighted by Crippen LogP contribution is -2.56. The Bertz CT molecular complexity index is 1750. The Morgan fingerprint density at radius 3 is 1.78 bits per heavy atom. The third-order valence-electron chi connectivity index (χ3n) is 11.3. The summed E-state index contributed by atoms with van der Waals surface area (Å²) in [6.07, 6.45) is 7.09. The van der Waals surface area contributed by atoms with Crippen LogP contribution in [-0.2, 0) is 23.9 Å². The minimum Gasteiger partial charge on any atom is -0.444 e. The van der Waals surface area contributed by atoms with Crippen LogP contribution in [0.1, 0.15) is 144 Å². The van der Waals surface area contributed by atoms with Crippen LogP contribution < -0.4 is 16.0 Å². The fourth-order valence-corrected chi connectivity index (χ4v) is 8.33. The molecule has 58 heavy (non-hydrogen) atoms. The molecule has 1 aromatic heterocycles. The van der Waals surface area contributed by atoms with Crippen molar-refractivity contribution in [2.75, 3.05) is 13.1 Å². The van der Waals surface area contributed by atoms with Gasteiger partial charge in [0.1, 0.15) is 35.2 Å². The third kappa shape index (κ3) is 11.5. The zero-order valence-electron chi connectivity index (χ0n) is 36.3. The summed E-state index contributed by atoms with van der Waals surface area (Å²) in [5, 5.41) is 8.79. The molecule has 5 rings (SSSR count). The average molecular weight is 806 g/mol. The van der Waals surface area contributed by atoms with Gasteiger partial charge in [-0.05, 0) is 122 Å². The molecule has 0 unspecified atom stereocenters. The fourth-order valence-electron chi connectivity index (χ4n) is 8.33. The smallest absolute Gasteiger partial charge is 0.408 e. The Hall–Kier alpha value is -4.62. The number of likely N-dealkylation sites (tertiary alicyclic amines) is 2. The van der Waals surface area contributed by atoms with E-state index >= 15 is 0 Å². The van der Waals surface area contributed by atoms with Crippen molar-refractivity contribution in [2.24, 2.45) is 11.8 Å². The molecule has 4 N–H and O–H groups in total. The molecule has 4 atom stereocenters. The minimum absolute atomic E-state index is 0.0377. The molecule has 14 nitrogen and oxygen atoms in total. The van der Waals surface area contributed by atoms with E-state index in [4.69, 9.17) is 14.5 Å². The number of imidazole rings is 1. The maximum absolute atomic E-state index is 13.8. The number of hydrogen-bond donors (Lipinski definition) is 4. The number of nitrogens with zero attached hydrogens (tertiary/aromatic N) is 3. The number of aromatic amines is 1. The van der Waals surface area contributed by atoms with Crippen LogP contribution in [-0.4, -0.2) is 98.1 Å². The largest absolute Gasteiger partial charge is 0.444 e. The summed E-state index contributed by atoms with van der Waals surface area (Å²) in [6, 6.07) is 6.31. The van der Waals surface area contributed by atoms with Crippen LogP contribution in [0.4, 0.5) is 9.59 Å². The van der Waals surface area contributed by atoms with E-state index in [1.54, 1.807) is 46.4 Å². The van der Waals surface area contributed by atoms with Crippen molar-refractivity contribution in [1.82, 2.24) is 35.7 Å². The predicted octanol–water partition coefficient (Wildman–Crippen LogP) is 6.97. The zero-order valence-corrected chi connectivity index (χ0v) is 36.3. The molecular weight excluding hydrogens is 739 g/mol. The highest BCUT2D eigenvalue weighted by molar-refractivity contribution is 5.92. The molecule has 0 bridgehead atoms. The molecule has 2 aromatic rings. The van der Waals surface area contributed by atoms with Crippen molar-refractivity contribution < 1.29 is 33.4 Å². The Labute approximate surface area is 344 Å². The van der Waals surface area contributed by atoms with Crippen LogP contribution in [0.3, 0.4) is 0 Å². The minimum atomic E-state index is -0.785. The second kappa shape index (κ2) is 18.5. The van der Waals surface area contributed by atoms with Gasteiger partial charge >= 0.3 is 12.2 Å². The van der Waals surface area contributed by atoms with Gasteiger partial charge in [0.15, 0.2) is 0 Å². The maximum Gasteiger partial charge on any atom is 0.408 e. The van der Waals surface area contributed by atoms with Gasteiger partial charge in [0, 0.05) is 19.1 Å². The number of rotatable bonds is 11. The van der Waals surface area contributed by atoms with Crippen LogP contribution >= 0.6 is 0 Å². The topological polar surface area (TPSA) is 175 Å². The van der Waals surface area contributed by atoms with Crippen LogP contribution in [0.2, 0.25) is 0 Å². The van der Waals surface area contributed by atoms with Gasteiger partial charge in [-0.25, -0.2) is 14.6 Å². The second-order valence-corrected chi connectivity index (χ2v) is 19.0. The summed E-state index contributed by atoms with van der Waals surface area (Å²) < 4.78 is 10.8. The fraction of sp³-hybridized carbons (Fsp3) is 0.682. The molecule has 1 aromatic carbocycles. The molecule has 320 valence electrons. The third-order valence-corrected chi connectivity index (χ3v) is 11.3. The van der Waals surface area contributed by atoms with Crippen molar-refractivity contribution in [3.05, 3.63) is 41.9 Å². The molecule has 3 fully saturated rings. The van der Waals surface area contributed by atoms with Gasteiger partial charge in [0.2, 0.25) is 17.7 Å². The van der Waals surface area contributed by atoms with Crippen LogP contribution in [0, 0.1) is 11.8 Å². The Balaban J connectivity index is 1.13. The average Bonchev–Trinajstić information content (AvgIpc) is 3.93. The van der Waals surface area contributed by atoms with Gasteiger partial charge in [-0.1, -0.05) is 52.0 Å². The first-order valence-electron chi connectivity index (χ1n) is 21.3. The predicted molar refractivity (Wildman–Crippen MR) is 222 cm³/mol. The van der Waals surface area contributed by atoms with E-state index in [0.717, 1.165) is 62.0 Å². The summed E-state index contributed by atoms with van der Waals surface area (Å²) in [5.74, 6) is 0.284. The van der Waals surface area contributed by atoms with Gasteiger partial charge in [0.25, 0.3) is 0 Å². The van der Waals surface area contributed by atoms with E-state index < -0.39 is 41.5 Å². The number of hydrogen-bond acceptors (Lipinski definition) is 8. The number of alkyl carbamates (subject to hydrolysis) is 2. The first kappa shape index (κ1) is 44.5. The molecule has 5 amide bonds.